The second kappa shape index (κ2) is 5.72. The average Bonchev–Trinajstić information content (AvgIpc) is 2.95. The minimum Gasteiger partial charge on any atom is -0.312 e. The van der Waals surface area contributed by atoms with Crippen LogP contribution in [0, 0.1) is 5.92 Å². The van der Waals surface area contributed by atoms with E-state index in [0.29, 0.717) is 6.04 Å². The second-order valence-corrected chi connectivity index (χ2v) is 4.79. The van der Waals surface area contributed by atoms with Crippen molar-refractivity contribution in [2.75, 3.05) is 20.6 Å². The molecule has 0 radical (unpaired) electrons. The van der Waals surface area contributed by atoms with Gasteiger partial charge in [0.2, 0.25) is 0 Å². The van der Waals surface area contributed by atoms with E-state index in [9.17, 15) is 0 Å². The van der Waals surface area contributed by atoms with Crippen LogP contribution in [0.1, 0.15) is 39.5 Å². The first kappa shape index (κ1) is 12.0. The van der Waals surface area contributed by atoms with Crippen molar-refractivity contribution in [3.8, 4) is 0 Å². The molecule has 0 aromatic carbocycles. The summed E-state index contributed by atoms with van der Waals surface area (Å²) >= 11 is 0. The molecule has 1 rings (SSSR count). The monoisotopic (exact) mass is 198 g/mol. The minimum absolute atomic E-state index is 0.714. The molecule has 0 amide bonds. The molecule has 0 bridgehead atoms. The van der Waals surface area contributed by atoms with E-state index < -0.39 is 0 Å². The molecule has 2 nitrogen and oxygen atoms in total. The molecule has 1 unspecified atom stereocenters. The Morgan fingerprint density at radius 1 is 1.21 bits per heavy atom. The van der Waals surface area contributed by atoms with Crippen LogP contribution < -0.4 is 5.32 Å². The molecule has 0 aromatic rings. The second-order valence-electron chi connectivity index (χ2n) is 4.79. The topological polar surface area (TPSA) is 15.3 Å². The van der Waals surface area contributed by atoms with Crippen LogP contribution in [0.25, 0.3) is 0 Å². The molecule has 1 fully saturated rings. The smallest absolute Gasteiger partial charge is 0.0242 e. The molecule has 2 heteroatoms. The van der Waals surface area contributed by atoms with Gasteiger partial charge in [-0.15, -0.1) is 0 Å². The average molecular weight is 198 g/mol. The highest BCUT2D eigenvalue weighted by molar-refractivity contribution is 4.85. The predicted octanol–water partition coefficient (Wildman–Crippen LogP) is 2.10. The van der Waals surface area contributed by atoms with Gasteiger partial charge in [-0.25, -0.2) is 0 Å². The maximum atomic E-state index is 3.65. The quantitative estimate of drug-likeness (QED) is 0.674. The normalized spacial score (nSPS) is 19.3. The zero-order valence-corrected chi connectivity index (χ0v) is 10.2. The summed E-state index contributed by atoms with van der Waals surface area (Å²) in [5, 5.41) is 3.65. The molecule has 0 aromatic heterocycles. The molecule has 14 heavy (non-hydrogen) atoms. The van der Waals surface area contributed by atoms with Crippen LogP contribution in [-0.4, -0.2) is 37.6 Å². The van der Waals surface area contributed by atoms with Crippen LogP contribution in [0.2, 0.25) is 0 Å². The fraction of sp³-hybridized carbons (Fsp3) is 1.00. The summed E-state index contributed by atoms with van der Waals surface area (Å²) in [5.41, 5.74) is 0. The summed E-state index contributed by atoms with van der Waals surface area (Å²) in [6.45, 7) is 5.79. The number of hydrogen-bond acceptors (Lipinski definition) is 2. The number of nitrogens with zero attached hydrogens (tertiary/aromatic N) is 1. The summed E-state index contributed by atoms with van der Waals surface area (Å²) in [6, 6.07) is 1.55. The number of hydrogen-bond donors (Lipinski definition) is 1. The largest absolute Gasteiger partial charge is 0.312 e. The van der Waals surface area contributed by atoms with E-state index in [2.05, 4.69) is 38.2 Å². The molecule has 84 valence electrons. The Labute approximate surface area is 89.1 Å². The van der Waals surface area contributed by atoms with Crippen LogP contribution in [0.4, 0.5) is 0 Å². The van der Waals surface area contributed by atoms with Crippen molar-refractivity contribution in [3.05, 3.63) is 0 Å². The Balaban J connectivity index is 2.34. The van der Waals surface area contributed by atoms with Gasteiger partial charge in [0.1, 0.15) is 0 Å². The highest BCUT2D eigenvalue weighted by Crippen LogP contribution is 2.21. The van der Waals surface area contributed by atoms with E-state index in [0.717, 1.165) is 12.0 Å². The van der Waals surface area contributed by atoms with Crippen LogP contribution >= 0.6 is 0 Å². The molecule has 0 aliphatic heterocycles. The van der Waals surface area contributed by atoms with Gasteiger partial charge >= 0.3 is 0 Å². The zero-order chi connectivity index (χ0) is 10.6. The van der Waals surface area contributed by atoms with Gasteiger partial charge in [-0.2, -0.15) is 0 Å². The summed E-state index contributed by atoms with van der Waals surface area (Å²) in [7, 11) is 4.41. The maximum absolute atomic E-state index is 3.65. The Kier molecular flexibility index (Phi) is 4.90. The van der Waals surface area contributed by atoms with Gasteiger partial charge in [0.05, 0.1) is 0 Å². The first-order valence-electron chi connectivity index (χ1n) is 6.08. The zero-order valence-electron chi connectivity index (χ0n) is 10.2. The van der Waals surface area contributed by atoms with Crippen molar-refractivity contribution in [3.63, 3.8) is 0 Å². The fourth-order valence-corrected chi connectivity index (χ4v) is 2.18. The summed E-state index contributed by atoms with van der Waals surface area (Å²) in [6.07, 6.45) is 5.38. The fourth-order valence-electron chi connectivity index (χ4n) is 2.18. The third kappa shape index (κ3) is 3.58. The van der Waals surface area contributed by atoms with Crippen molar-refractivity contribution in [1.82, 2.24) is 10.2 Å². The van der Waals surface area contributed by atoms with Crippen LogP contribution in [0.5, 0.6) is 0 Å². The van der Waals surface area contributed by atoms with Crippen molar-refractivity contribution >= 4 is 0 Å². The van der Waals surface area contributed by atoms with Crippen molar-refractivity contribution in [2.24, 2.45) is 5.92 Å². The molecular weight excluding hydrogens is 172 g/mol. The number of likely N-dealkylation sites (N-methyl/N-ethyl adjacent to an activating group) is 1. The van der Waals surface area contributed by atoms with E-state index >= 15 is 0 Å². The predicted molar refractivity (Wildman–Crippen MR) is 62.6 cm³/mol. The molecule has 1 saturated carbocycles. The lowest BCUT2D eigenvalue weighted by molar-refractivity contribution is 0.194. The highest BCUT2D eigenvalue weighted by atomic mass is 15.1. The molecular formula is C12H26N2. The van der Waals surface area contributed by atoms with Crippen LogP contribution in [0.15, 0.2) is 0 Å². The SMILES string of the molecule is CCC(CC)C(CNC1CC1)N(C)C. The van der Waals surface area contributed by atoms with Gasteiger partial charge in [0.25, 0.3) is 0 Å². The molecule has 0 saturated heterocycles. The Morgan fingerprint density at radius 3 is 2.14 bits per heavy atom. The lowest BCUT2D eigenvalue weighted by Crippen LogP contribution is -2.43. The first-order chi connectivity index (χ1) is 6.69. The third-order valence-corrected chi connectivity index (χ3v) is 3.45. The van der Waals surface area contributed by atoms with Gasteiger partial charge in [-0.3, -0.25) is 0 Å². The molecule has 1 aliphatic carbocycles. The van der Waals surface area contributed by atoms with Crippen molar-refractivity contribution in [1.29, 1.82) is 0 Å². The van der Waals surface area contributed by atoms with Gasteiger partial charge in [-0.1, -0.05) is 26.7 Å². The van der Waals surface area contributed by atoms with E-state index in [1.165, 1.54) is 32.2 Å². The molecule has 1 atom stereocenters. The molecule has 1 aliphatic rings. The van der Waals surface area contributed by atoms with Crippen LogP contribution in [0.3, 0.4) is 0 Å². The lowest BCUT2D eigenvalue weighted by atomic mass is 9.93. The van der Waals surface area contributed by atoms with E-state index in [-0.39, 0.29) is 0 Å². The standard InChI is InChI=1S/C12H26N2/c1-5-10(6-2)12(14(3)4)9-13-11-7-8-11/h10-13H,5-9H2,1-4H3. The Morgan fingerprint density at radius 2 is 1.79 bits per heavy atom. The lowest BCUT2D eigenvalue weighted by Gasteiger charge is -2.31. The molecule has 0 spiro atoms. The van der Waals surface area contributed by atoms with Crippen LogP contribution in [-0.2, 0) is 0 Å². The highest BCUT2D eigenvalue weighted by Gasteiger charge is 2.25. The summed E-state index contributed by atoms with van der Waals surface area (Å²) in [5.74, 6) is 0.844. The van der Waals surface area contributed by atoms with Gasteiger partial charge in [0.15, 0.2) is 0 Å². The third-order valence-electron chi connectivity index (χ3n) is 3.45. The van der Waals surface area contributed by atoms with Gasteiger partial charge in [0, 0.05) is 18.6 Å². The number of rotatable bonds is 7. The van der Waals surface area contributed by atoms with E-state index in [1.54, 1.807) is 0 Å². The van der Waals surface area contributed by atoms with Crippen molar-refractivity contribution in [2.45, 2.75) is 51.6 Å². The van der Waals surface area contributed by atoms with E-state index in [4.69, 9.17) is 0 Å². The Hall–Kier alpha value is -0.0800. The molecule has 0 heterocycles. The van der Waals surface area contributed by atoms with E-state index in [1.807, 2.05) is 0 Å². The Bertz CT molecular complexity index is 148. The van der Waals surface area contributed by atoms with Gasteiger partial charge in [-0.05, 0) is 32.9 Å². The minimum atomic E-state index is 0.714. The summed E-state index contributed by atoms with van der Waals surface area (Å²) < 4.78 is 0. The van der Waals surface area contributed by atoms with Gasteiger partial charge < -0.3 is 10.2 Å². The maximum Gasteiger partial charge on any atom is 0.0242 e. The summed E-state index contributed by atoms with van der Waals surface area (Å²) in [4.78, 5) is 2.38. The molecule has 1 N–H and O–H groups in total. The number of nitrogens with one attached hydrogen (secondary N) is 1. The van der Waals surface area contributed by atoms with Crippen molar-refractivity contribution < 1.29 is 0 Å². The first-order valence-corrected chi connectivity index (χ1v) is 6.08.